The van der Waals surface area contributed by atoms with Crippen LogP contribution in [0.4, 0.5) is 0 Å². The minimum Gasteiger partial charge on any atom is -0.236 e. The van der Waals surface area contributed by atoms with E-state index in [1.165, 1.54) is 0 Å². The molecule has 0 bridgehead atoms. The van der Waals surface area contributed by atoms with Crippen LogP contribution >= 0.6 is 15.9 Å². The van der Waals surface area contributed by atoms with Crippen LogP contribution in [0.15, 0.2) is 77.4 Å². The van der Waals surface area contributed by atoms with Gasteiger partial charge in [0.1, 0.15) is 0 Å². The van der Waals surface area contributed by atoms with Gasteiger partial charge in [-0.05, 0) is 24.3 Å². The van der Waals surface area contributed by atoms with Crippen LogP contribution in [0.5, 0.6) is 0 Å². The first-order valence-corrected chi connectivity index (χ1v) is 8.05. The van der Waals surface area contributed by atoms with Crippen molar-refractivity contribution in [2.45, 2.75) is 0 Å². The minimum absolute atomic E-state index is 0.683. The predicted molar refractivity (Wildman–Crippen MR) is 95.9 cm³/mol. The summed E-state index contributed by atoms with van der Waals surface area (Å²) in [5.74, 6) is 0.683. The van der Waals surface area contributed by atoms with E-state index in [1.54, 1.807) is 6.20 Å². The number of aromatic nitrogens is 3. The smallest absolute Gasteiger partial charge is 0.163 e. The van der Waals surface area contributed by atoms with Crippen LogP contribution in [-0.4, -0.2) is 15.0 Å². The van der Waals surface area contributed by atoms with Gasteiger partial charge in [-0.25, -0.2) is 15.0 Å². The number of hydrogen-bond acceptors (Lipinski definition) is 3. The molecule has 110 valence electrons. The number of fused-ring (bicyclic) bond motifs is 1. The van der Waals surface area contributed by atoms with Crippen molar-refractivity contribution in [2.24, 2.45) is 0 Å². The summed E-state index contributed by atoms with van der Waals surface area (Å²) in [6.07, 6.45) is 1.76. The van der Waals surface area contributed by atoms with E-state index >= 15 is 0 Å². The third kappa shape index (κ3) is 2.73. The second kappa shape index (κ2) is 5.89. The molecule has 0 aliphatic rings. The van der Waals surface area contributed by atoms with Crippen molar-refractivity contribution in [3.8, 4) is 22.6 Å². The zero-order valence-corrected chi connectivity index (χ0v) is 13.7. The van der Waals surface area contributed by atoms with Gasteiger partial charge in [0, 0.05) is 27.2 Å². The van der Waals surface area contributed by atoms with E-state index in [0.717, 1.165) is 26.7 Å². The van der Waals surface area contributed by atoms with Crippen LogP contribution in [0.1, 0.15) is 0 Å². The van der Waals surface area contributed by atoms with Crippen molar-refractivity contribution in [3.05, 3.63) is 77.4 Å². The maximum absolute atomic E-state index is 4.80. The second-order valence-corrected chi connectivity index (χ2v) is 6.06. The molecular weight excluding hydrogens is 350 g/mol. The fourth-order valence-electron chi connectivity index (χ4n) is 2.51. The Labute approximate surface area is 142 Å². The van der Waals surface area contributed by atoms with Crippen molar-refractivity contribution in [2.75, 3.05) is 0 Å². The molecule has 23 heavy (non-hydrogen) atoms. The van der Waals surface area contributed by atoms with E-state index in [9.17, 15) is 0 Å². The van der Waals surface area contributed by atoms with Crippen molar-refractivity contribution in [1.29, 1.82) is 0 Å². The van der Waals surface area contributed by atoms with Crippen LogP contribution in [0.25, 0.3) is 33.7 Å². The summed E-state index contributed by atoms with van der Waals surface area (Å²) >= 11 is 3.46. The summed E-state index contributed by atoms with van der Waals surface area (Å²) in [4.78, 5) is 13.8. The van der Waals surface area contributed by atoms with E-state index in [2.05, 4.69) is 38.0 Å². The molecule has 0 saturated heterocycles. The molecule has 2 aromatic heterocycles. The van der Waals surface area contributed by atoms with Gasteiger partial charge in [-0.3, -0.25) is 0 Å². The molecule has 0 saturated carbocycles. The molecule has 0 atom stereocenters. The molecule has 4 rings (SSSR count). The molecule has 0 spiro atoms. The Balaban J connectivity index is 1.99. The summed E-state index contributed by atoms with van der Waals surface area (Å²) in [6.45, 7) is 0. The fraction of sp³-hybridized carbons (Fsp3) is 0. The highest BCUT2D eigenvalue weighted by Crippen LogP contribution is 2.28. The van der Waals surface area contributed by atoms with Gasteiger partial charge in [-0.1, -0.05) is 58.4 Å². The lowest BCUT2D eigenvalue weighted by molar-refractivity contribution is 1.19. The lowest BCUT2D eigenvalue weighted by Gasteiger charge is -2.08. The average molecular weight is 362 g/mol. The van der Waals surface area contributed by atoms with Crippen LogP contribution in [-0.2, 0) is 0 Å². The minimum atomic E-state index is 0.683. The molecule has 4 heteroatoms. The van der Waals surface area contributed by atoms with Gasteiger partial charge in [0.25, 0.3) is 0 Å². The Bertz CT molecular complexity index is 967. The molecule has 0 fully saturated rings. The average Bonchev–Trinajstić information content (AvgIpc) is 2.62. The lowest BCUT2D eigenvalue weighted by Crippen LogP contribution is -1.96. The Morgan fingerprint density at radius 2 is 1.48 bits per heavy atom. The Hall–Kier alpha value is -2.59. The number of nitrogens with zero attached hydrogens (tertiary/aromatic N) is 3. The first-order valence-electron chi connectivity index (χ1n) is 7.25. The van der Waals surface area contributed by atoms with Crippen molar-refractivity contribution >= 4 is 27.0 Å². The van der Waals surface area contributed by atoms with Gasteiger partial charge < -0.3 is 0 Å². The molecule has 0 aliphatic carbocycles. The maximum atomic E-state index is 4.80. The van der Waals surface area contributed by atoms with E-state index in [0.29, 0.717) is 11.5 Å². The molecule has 0 amide bonds. The Morgan fingerprint density at radius 3 is 2.26 bits per heavy atom. The molecule has 4 aromatic rings. The first-order chi connectivity index (χ1) is 11.3. The number of rotatable bonds is 2. The van der Waals surface area contributed by atoms with Crippen LogP contribution in [0.3, 0.4) is 0 Å². The zero-order chi connectivity index (χ0) is 15.6. The summed E-state index contributed by atoms with van der Waals surface area (Å²) in [6, 6.07) is 22.0. The monoisotopic (exact) mass is 361 g/mol. The number of benzene rings is 2. The van der Waals surface area contributed by atoms with Crippen LogP contribution in [0.2, 0.25) is 0 Å². The lowest BCUT2D eigenvalue weighted by atomic mass is 10.1. The molecule has 3 nitrogen and oxygen atoms in total. The van der Waals surface area contributed by atoms with Gasteiger partial charge in [-0.2, -0.15) is 0 Å². The molecular formula is C19H12BrN3. The largest absolute Gasteiger partial charge is 0.236 e. The standard InChI is InChI=1S/C19H12BrN3/c20-15-10-8-14(9-11-15)18-22-17(13-5-2-1-3-6-13)16-7-4-12-21-19(16)23-18/h1-12H. The summed E-state index contributed by atoms with van der Waals surface area (Å²) < 4.78 is 1.03. The summed E-state index contributed by atoms with van der Waals surface area (Å²) in [5, 5.41) is 0.958. The van der Waals surface area contributed by atoms with E-state index in [1.807, 2.05) is 54.6 Å². The maximum Gasteiger partial charge on any atom is 0.163 e. The van der Waals surface area contributed by atoms with Gasteiger partial charge in [0.15, 0.2) is 11.5 Å². The number of pyridine rings is 1. The predicted octanol–water partition coefficient (Wildman–Crippen LogP) is 5.12. The molecule has 0 radical (unpaired) electrons. The van der Waals surface area contributed by atoms with Gasteiger partial charge in [0.2, 0.25) is 0 Å². The zero-order valence-electron chi connectivity index (χ0n) is 12.1. The normalized spacial score (nSPS) is 10.8. The fourth-order valence-corrected chi connectivity index (χ4v) is 2.77. The summed E-state index contributed by atoms with van der Waals surface area (Å²) in [5.41, 5.74) is 3.64. The Kier molecular flexibility index (Phi) is 3.60. The number of hydrogen-bond donors (Lipinski definition) is 0. The third-order valence-electron chi connectivity index (χ3n) is 3.62. The molecule has 0 unspecified atom stereocenters. The molecule has 0 N–H and O–H groups in total. The van der Waals surface area contributed by atoms with Crippen molar-refractivity contribution in [1.82, 2.24) is 15.0 Å². The molecule has 2 heterocycles. The number of halogens is 1. The van der Waals surface area contributed by atoms with Crippen LogP contribution < -0.4 is 0 Å². The second-order valence-electron chi connectivity index (χ2n) is 5.14. The van der Waals surface area contributed by atoms with Gasteiger partial charge in [0.05, 0.1) is 5.69 Å². The van der Waals surface area contributed by atoms with Crippen molar-refractivity contribution < 1.29 is 0 Å². The Morgan fingerprint density at radius 1 is 0.696 bits per heavy atom. The van der Waals surface area contributed by atoms with Gasteiger partial charge >= 0.3 is 0 Å². The molecule has 2 aromatic carbocycles. The highest BCUT2D eigenvalue weighted by atomic mass is 79.9. The topological polar surface area (TPSA) is 38.7 Å². The van der Waals surface area contributed by atoms with Gasteiger partial charge in [-0.15, -0.1) is 0 Å². The van der Waals surface area contributed by atoms with Crippen LogP contribution in [0, 0.1) is 0 Å². The quantitative estimate of drug-likeness (QED) is 0.497. The SMILES string of the molecule is Brc1ccc(-c2nc(-c3ccccc3)c3cccnc3n2)cc1. The highest BCUT2D eigenvalue weighted by molar-refractivity contribution is 9.10. The molecule has 0 aliphatic heterocycles. The van der Waals surface area contributed by atoms with E-state index in [-0.39, 0.29) is 0 Å². The third-order valence-corrected chi connectivity index (χ3v) is 4.15. The summed E-state index contributed by atoms with van der Waals surface area (Å²) in [7, 11) is 0. The van der Waals surface area contributed by atoms with E-state index in [4.69, 9.17) is 4.98 Å². The van der Waals surface area contributed by atoms with Crippen molar-refractivity contribution in [3.63, 3.8) is 0 Å². The first kappa shape index (κ1) is 14.0. The highest BCUT2D eigenvalue weighted by Gasteiger charge is 2.11. The van der Waals surface area contributed by atoms with E-state index < -0.39 is 0 Å².